The molecule has 0 fully saturated rings. The predicted octanol–water partition coefficient (Wildman–Crippen LogP) is 4.15. The van der Waals surface area contributed by atoms with Crippen LogP contribution in [-0.2, 0) is 0 Å². The van der Waals surface area contributed by atoms with Crippen molar-refractivity contribution in [2.75, 3.05) is 11.9 Å². The number of hydrogen-bond acceptors (Lipinski definition) is 1. The van der Waals surface area contributed by atoms with E-state index in [1.165, 1.54) is 18.2 Å². The molecule has 0 saturated heterocycles. The fourth-order valence-electron chi connectivity index (χ4n) is 1.43. The van der Waals surface area contributed by atoms with Crippen molar-refractivity contribution in [1.29, 1.82) is 0 Å². The van der Waals surface area contributed by atoms with Gasteiger partial charge in [0.1, 0.15) is 0 Å². The Bertz CT molecular complexity index is 311. The van der Waals surface area contributed by atoms with Gasteiger partial charge in [0.2, 0.25) is 0 Å². The average molecular weight is 293 g/mol. The summed E-state index contributed by atoms with van der Waals surface area (Å²) in [5, 5.41) is 0.775. The molecule has 0 aliphatic carbocycles. The summed E-state index contributed by atoms with van der Waals surface area (Å²) in [5.41, 5.74) is 0. The van der Waals surface area contributed by atoms with Crippen molar-refractivity contribution in [1.82, 2.24) is 0 Å². The monoisotopic (exact) mass is 292 g/mol. The lowest BCUT2D eigenvalue weighted by molar-refractivity contribution is 0.234. The minimum atomic E-state index is -0.648. The van der Waals surface area contributed by atoms with Gasteiger partial charge < -0.3 is 4.74 Å². The van der Waals surface area contributed by atoms with E-state index >= 15 is 0 Å². The molecular formula is C12H15BrF2O. The lowest BCUT2D eigenvalue weighted by Crippen LogP contribution is -2.14. The van der Waals surface area contributed by atoms with E-state index in [0.29, 0.717) is 6.61 Å². The molecule has 16 heavy (non-hydrogen) atoms. The summed E-state index contributed by atoms with van der Waals surface area (Å²) in [4.78, 5) is 0. The highest BCUT2D eigenvalue weighted by atomic mass is 79.9. The molecule has 0 aliphatic heterocycles. The topological polar surface area (TPSA) is 9.23 Å². The van der Waals surface area contributed by atoms with E-state index in [1.54, 1.807) is 0 Å². The van der Waals surface area contributed by atoms with Crippen LogP contribution in [0.5, 0.6) is 5.75 Å². The molecular weight excluding hydrogens is 278 g/mol. The van der Waals surface area contributed by atoms with Gasteiger partial charge in [-0.2, -0.15) is 0 Å². The zero-order valence-electron chi connectivity index (χ0n) is 9.18. The van der Waals surface area contributed by atoms with Crippen LogP contribution < -0.4 is 4.74 Å². The smallest absolute Gasteiger partial charge is 0.190 e. The summed E-state index contributed by atoms with van der Waals surface area (Å²) in [6.45, 7) is 2.40. The van der Waals surface area contributed by atoms with Crippen LogP contribution in [0.15, 0.2) is 18.2 Å². The van der Waals surface area contributed by atoms with E-state index in [1.807, 2.05) is 0 Å². The molecule has 1 unspecified atom stereocenters. The Morgan fingerprint density at radius 2 is 1.94 bits per heavy atom. The van der Waals surface area contributed by atoms with Gasteiger partial charge in [-0.25, -0.2) is 8.78 Å². The maximum Gasteiger partial charge on any atom is 0.190 e. The van der Waals surface area contributed by atoms with Crippen molar-refractivity contribution < 1.29 is 13.5 Å². The molecule has 0 amide bonds. The average Bonchev–Trinajstić information content (AvgIpc) is 2.27. The minimum Gasteiger partial charge on any atom is -0.487 e. The van der Waals surface area contributed by atoms with Crippen molar-refractivity contribution in [3.63, 3.8) is 0 Å². The van der Waals surface area contributed by atoms with E-state index < -0.39 is 11.6 Å². The number of ether oxygens (including phenoxy) is 1. The fourth-order valence-corrected chi connectivity index (χ4v) is 1.95. The molecule has 1 rings (SSSR count). The van der Waals surface area contributed by atoms with Crippen LogP contribution in [0.4, 0.5) is 8.78 Å². The lowest BCUT2D eigenvalue weighted by atomic mass is 10.1. The summed E-state index contributed by atoms with van der Waals surface area (Å²) < 4.78 is 31.6. The highest BCUT2D eigenvalue weighted by Gasteiger charge is 2.12. The van der Waals surface area contributed by atoms with Crippen molar-refractivity contribution in [3.05, 3.63) is 29.8 Å². The molecule has 1 aromatic rings. The third kappa shape index (κ3) is 3.74. The van der Waals surface area contributed by atoms with Gasteiger partial charge in [0.05, 0.1) is 6.61 Å². The summed E-state index contributed by atoms with van der Waals surface area (Å²) in [7, 11) is 0. The maximum absolute atomic E-state index is 13.2. The second-order valence-corrected chi connectivity index (χ2v) is 4.32. The number of halogens is 3. The van der Waals surface area contributed by atoms with Gasteiger partial charge >= 0.3 is 0 Å². The van der Waals surface area contributed by atoms with Gasteiger partial charge in [-0.1, -0.05) is 35.3 Å². The molecule has 0 bridgehead atoms. The largest absolute Gasteiger partial charge is 0.487 e. The number of rotatable bonds is 6. The van der Waals surface area contributed by atoms with Crippen LogP contribution in [0.2, 0.25) is 0 Å². The lowest BCUT2D eigenvalue weighted by Gasteiger charge is -2.14. The molecule has 0 N–H and O–H groups in total. The van der Waals surface area contributed by atoms with Crippen molar-refractivity contribution in [2.45, 2.75) is 19.8 Å². The third-order valence-corrected chi connectivity index (χ3v) is 3.21. The van der Waals surface area contributed by atoms with Crippen LogP contribution in [0.25, 0.3) is 0 Å². The summed E-state index contributed by atoms with van der Waals surface area (Å²) in [5.74, 6) is -1.29. The van der Waals surface area contributed by atoms with Crippen LogP contribution in [-0.4, -0.2) is 11.9 Å². The van der Waals surface area contributed by atoms with Crippen LogP contribution >= 0.6 is 15.9 Å². The van der Waals surface area contributed by atoms with Gasteiger partial charge in [0.15, 0.2) is 17.4 Å². The predicted molar refractivity (Wildman–Crippen MR) is 64.0 cm³/mol. The van der Waals surface area contributed by atoms with Crippen molar-refractivity contribution in [2.24, 2.45) is 5.92 Å². The normalized spacial score (nSPS) is 12.5. The molecule has 4 heteroatoms. The van der Waals surface area contributed by atoms with Crippen molar-refractivity contribution in [3.8, 4) is 5.75 Å². The van der Waals surface area contributed by atoms with Crippen LogP contribution in [0.3, 0.4) is 0 Å². The summed E-state index contributed by atoms with van der Waals surface area (Å²) >= 11 is 3.36. The highest BCUT2D eigenvalue weighted by Crippen LogP contribution is 2.22. The molecule has 0 radical (unpaired) electrons. The standard InChI is InChI=1S/C12H15BrF2O/c1-2-4-9(7-13)8-16-12-10(14)5-3-6-11(12)15/h3,5-6,9H,2,4,7-8H2,1H3. The van der Waals surface area contributed by atoms with E-state index in [9.17, 15) is 8.78 Å². The fraction of sp³-hybridized carbons (Fsp3) is 0.500. The number of para-hydroxylation sites is 1. The Hall–Kier alpha value is -0.640. The van der Waals surface area contributed by atoms with E-state index in [4.69, 9.17) is 4.74 Å². The first-order valence-electron chi connectivity index (χ1n) is 5.31. The van der Waals surface area contributed by atoms with E-state index in [0.717, 1.165) is 18.2 Å². The molecule has 90 valence electrons. The second-order valence-electron chi connectivity index (χ2n) is 3.67. The molecule has 0 spiro atoms. The number of benzene rings is 1. The molecule has 1 atom stereocenters. The number of hydrogen-bond donors (Lipinski definition) is 0. The molecule has 1 aromatic carbocycles. The van der Waals surface area contributed by atoms with E-state index in [-0.39, 0.29) is 11.7 Å². The number of alkyl halides is 1. The first-order chi connectivity index (χ1) is 7.69. The van der Waals surface area contributed by atoms with Crippen molar-refractivity contribution >= 4 is 15.9 Å². The Morgan fingerprint density at radius 1 is 1.31 bits per heavy atom. The first-order valence-corrected chi connectivity index (χ1v) is 6.44. The van der Waals surface area contributed by atoms with Gasteiger partial charge in [-0.05, 0) is 18.6 Å². The Kier molecular flexibility index (Phi) is 5.74. The SMILES string of the molecule is CCCC(CBr)COc1c(F)cccc1F. The molecule has 0 aliphatic rings. The Balaban J connectivity index is 2.59. The van der Waals surface area contributed by atoms with Gasteiger partial charge in [-0.15, -0.1) is 0 Å². The second kappa shape index (κ2) is 6.84. The maximum atomic E-state index is 13.2. The first kappa shape index (κ1) is 13.4. The molecule has 0 aromatic heterocycles. The Labute approximate surface area is 103 Å². The highest BCUT2D eigenvalue weighted by molar-refractivity contribution is 9.09. The molecule has 1 nitrogen and oxygen atoms in total. The minimum absolute atomic E-state index is 0.274. The Morgan fingerprint density at radius 3 is 2.44 bits per heavy atom. The van der Waals surface area contributed by atoms with Gasteiger partial charge in [0, 0.05) is 11.2 Å². The zero-order chi connectivity index (χ0) is 12.0. The molecule has 0 saturated carbocycles. The van der Waals surface area contributed by atoms with Gasteiger partial charge in [-0.3, -0.25) is 0 Å². The third-order valence-electron chi connectivity index (χ3n) is 2.30. The summed E-state index contributed by atoms with van der Waals surface area (Å²) in [6.07, 6.45) is 2.00. The van der Waals surface area contributed by atoms with E-state index in [2.05, 4.69) is 22.9 Å². The van der Waals surface area contributed by atoms with Crippen LogP contribution in [0, 0.1) is 17.6 Å². The molecule has 0 heterocycles. The summed E-state index contributed by atoms with van der Waals surface area (Å²) in [6, 6.07) is 3.72. The quantitative estimate of drug-likeness (QED) is 0.716. The zero-order valence-corrected chi connectivity index (χ0v) is 10.8. The van der Waals surface area contributed by atoms with Gasteiger partial charge in [0.25, 0.3) is 0 Å². The van der Waals surface area contributed by atoms with Crippen LogP contribution in [0.1, 0.15) is 19.8 Å².